The fourth-order valence-corrected chi connectivity index (χ4v) is 2.00. The predicted octanol–water partition coefficient (Wildman–Crippen LogP) is 2.58. The lowest BCUT2D eigenvalue weighted by Crippen LogP contribution is -2.24. The van der Waals surface area contributed by atoms with E-state index in [2.05, 4.69) is 11.8 Å². The standard InChI is InChI=1S/C18H16O3/c1-13-7-9-14(10-8-13)11-12-16(19)17(18(20)21)15-5-3-2-4-6-15/h2-10,16-17,19H,1H3,(H,20,21)/t16-,17+/m0/s1. The molecule has 21 heavy (non-hydrogen) atoms. The number of aliphatic hydroxyl groups is 1. The van der Waals surface area contributed by atoms with E-state index in [0.717, 1.165) is 11.1 Å². The average Bonchev–Trinajstić information content (AvgIpc) is 2.47. The zero-order chi connectivity index (χ0) is 15.2. The number of aryl methyl sites for hydroxylation is 1. The summed E-state index contributed by atoms with van der Waals surface area (Å²) in [7, 11) is 0. The van der Waals surface area contributed by atoms with Crippen molar-refractivity contribution in [2.75, 3.05) is 0 Å². The minimum atomic E-state index is -1.26. The maximum absolute atomic E-state index is 11.4. The van der Waals surface area contributed by atoms with E-state index in [9.17, 15) is 15.0 Å². The normalized spacial score (nSPS) is 12.9. The zero-order valence-electron chi connectivity index (χ0n) is 11.7. The van der Waals surface area contributed by atoms with Crippen LogP contribution in [0.5, 0.6) is 0 Å². The van der Waals surface area contributed by atoms with E-state index in [-0.39, 0.29) is 0 Å². The van der Waals surface area contributed by atoms with Crippen LogP contribution in [0.3, 0.4) is 0 Å². The minimum Gasteiger partial charge on any atom is -0.481 e. The van der Waals surface area contributed by atoms with Gasteiger partial charge in [0.25, 0.3) is 0 Å². The molecule has 0 bridgehead atoms. The van der Waals surface area contributed by atoms with Gasteiger partial charge in [0, 0.05) is 5.56 Å². The lowest BCUT2D eigenvalue weighted by Gasteiger charge is -2.14. The summed E-state index contributed by atoms with van der Waals surface area (Å²) in [5, 5.41) is 19.4. The molecule has 2 atom stereocenters. The molecule has 2 N–H and O–H groups in total. The van der Waals surface area contributed by atoms with Crippen molar-refractivity contribution in [1.82, 2.24) is 0 Å². The molecule has 2 rings (SSSR count). The molecular formula is C18H16O3. The van der Waals surface area contributed by atoms with Gasteiger partial charge < -0.3 is 10.2 Å². The third-order valence-corrected chi connectivity index (χ3v) is 3.16. The number of carbonyl (C=O) groups is 1. The van der Waals surface area contributed by atoms with Gasteiger partial charge in [-0.15, -0.1) is 0 Å². The van der Waals surface area contributed by atoms with Crippen molar-refractivity contribution in [3.05, 3.63) is 71.3 Å². The molecule has 0 spiro atoms. The fraction of sp³-hybridized carbons (Fsp3) is 0.167. The van der Waals surface area contributed by atoms with Crippen molar-refractivity contribution < 1.29 is 15.0 Å². The summed E-state index contributed by atoms with van der Waals surface area (Å²) in [6.45, 7) is 1.97. The van der Waals surface area contributed by atoms with E-state index >= 15 is 0 Å². The van der Waals surface area contributed by atoms with Crippen LogP contribution >= 0.6 is 0 Å². The van der Waals surface area contributed by atoms with Crippen molar-refractivity contribution >= 4 is 5.97 Å². The number of carboxylic acid groups (broad SMARTS) is 1. The van der Waals surface area contributed by atoms with Gasteiger partial charge in [0.2, 0.25) is 0 Å². The summed E-state index contributed by atoms with van der Waals surface area (Å²) in [5.74, 6) is 3.29. The van der Waals surface area contributed by atoms with Gasteiger partial charge in [-0.25, -0.2) is 0 Å². The maximum Gasteiger partial charge on any atom is 0.314 e. The highest BCUT2D eigenvalue weighted by atomic mass is 16.4. The third-order valence-electron chi connectivity index (χ3n) is 3.16. The van der Waals surface area contributed by atoms with Gasteiger partial charge in [0.1, 0.15) is 12.0 Å². The van der Waals surface area contributed by atoms with Crippen LogP contribution in [0.4, 0.5) is 0 Å². The molecule has 0 aliphatic rings. The molecule has 0 saturated carbocycles. The Morgan fingerprint density at radius 1 is 1.05 bits per heavy atom. The van der Waals surface area contributed by atoms with Crippen LogP contribution < -0.4 is 0 Å². The zero-order valence-corrected chi connectivity index (χ0v) is 11.7. The number of hydrogen-bond donors (Lipinski definition) is 2. The highest BCUT2D eigenvalue weighted by Gasteiger charge is 2.26. The van der Waals surface area contributed by atoms with Crippen LogP contribution in [0.1, 0.15) is 22.6 Å². The molecule has 3 heteroatoms. The summed E-state index contributed by atoms with van der Waals surface area (Å²) >= 11 is 0. The average molecular weight is 280 g/mol. The molecule has 106 valence electrons. The number of benzene rings is 2. The van der Waals surface area contributed by atoms with E-state index in [4.69, 9.17) is 0 Å². The summed E-state index contributed by atoms with van der Waals surface area (Å²) in [6.07, 6.45) is -1.26. The summed E-state index contributed by atoms with van der Waals surface area (Å²) in [4.78, 5) is 11.4. The SMILES string of the molecule is Cc1ccc(C#C[C@H](O)[C@H](C(=O)O)c2ccccc2)cc1. The molecule has 2 aromatic carbocycles. The minimum absolute atomic E-state index is 0.538. The monoisotopic (exact) mass is 280 g/mol. The fourth-order valence-electron chi connectivity index (χ4n) is 2.00. The predicted molar refractivity (Wildman–Crippen MR) is 80.9 cm³/mol. The molecule has 0 amide bonds. The molecule has 0 fully saturated rings. The van der Waals surface area contributed by atoms with Gasteiger partial charge in [0.05, 0.1) is 0 Å². The van der Waals surface area contributed by atoms with Crippen molar-refractivity contribution in [3.8, 4) is 11.8 Å². The van der Waals surface area contributed by atoms with E-state index in [1.54, 1.807) is 30.3 Å². The van der Waals surface area contributed by atoms with Gasteiger partial charge in [-0.2, -0.15) is 0 Å². The van der Waals surface area contributed by atoms with Crippen LogP contribution in [-0.4, -0.2) is 22.3 Å². The van der Waals surface area contributed by atoms with Crippen LogP contribution in [-0.2, 0) is 4.79 Å². The first-order valence-electron chi connectivity index (χ1n) is 6.62. The molecule has 3 nitrogen and oxygen atoms in total. The second-order valence-corrected chi connectivity index (χ2v) is 4.81. The number of hydrogen-bond acceptors (Lipinski definition) is 2. The highest BCUT2D eigenvalue weighted by Crippen LogP contribution is 2.19. The first-order valence-corrected chi connectivity index (χ1v) is 6.62. The number of rotatable bonds is 3. The summed E-state index contributed by atoms with van der Waals surface area (Å²) in [5.41, 5.74) is 2.40. The Hall–Kier alpha value is -2.57. The molecule has 2 aromatic rings. The Kier molecular flexibility index (Phi) is 4.76. The van der Waals surface area contributed by atoms with E-state index in [1.807, 2.05) is 31.2 Å². The quantitative estimate of drug-likeness (QED) is 0.850. The molecule has 0 unspecified atom stereocenters. The summed E-state index contributed by atoms with van der Waals surface area (Å²) in [6, 6.07) is 16.2. The molecule has 0 aromatic heterocycles. The van der Waals surface area contributed by atoms with Crippen molar-refractivity contribution in [1.29, 1.82) is 0 Å². The van der Waals surface area contributed by atoms with Gasteiger partial charge >= 0.3 is 5.97 Å². The lowest BCUT2D eigenvalue weighted by atomic mass is 9.93. The molecule has 0 aliphatic carbocycles. The largest absolute Gasteiger partial charge is 0.481 e. The van der Waals surface area contributed by atoms with Crippen LogP contribution in [0, 0.1) is 18.8 Å². The van der Waals surface area contributed by atoms with Crippen molar-refractivity contribution in [3.63, 3.8) is 0 Å². The Morgan fingerprint density at radius 3 is 2.24 bits per heavy atom. The Bertz CT molecular complexity index is 663. The third kappa shape index (κ3) is 3.95. The van der Waals surface area contributed by atoms with E-state index < -0.39 is 18.0 Å². The summed E-state index contributed by atoms with van der Waals surface area (Å²) < 4.78 is 0. The van der Waals surface area contributed by atoms with Gasteiger partial charge in [-0.3, -0.25) is 4.79 Å². The van der Waals surface area contributed by atoms with Gasteiger partial charge in [0.15, 0.2) is 0 Å². The molecule has 0 aliphatic heterocycles. The topological polar surface area (TPSA) is 57.5 Å². The second-order valence-electron chi connectivity index (χ2n) is 4.81. The van der Waals surface area contributed by atoms with Crippen LogP contribution in [0.2, 0.25) is 0 Å². The highest BCUT2D eigenvalue weighted by molar-refractivity contribution is 5.77. The van der Waals surface area contributed by atoms with Crippen molar-refractivity contribution in [2.45, 2.75) is 18.9 Å². The maximum atomic E-state index is 11.4. The molecular weight excluding hydrogens is 264 g/mol. The van der Waals surface area contributed by atoms with Crippen LogP contribution in [0.15, 0.2) is 54.6 Å². The molecule has 0 saturated heterocycles. The number of aliphatic carboxylic acids is 1. The molecule has 0 heterocycles. The van der Waals surface area contributed by atoms with Crippen molar-refractivity contribution in [2.24, 2.45) is 0 Å². The second kappa shape index (κ2) is 6.74. The Morgan fingerprint density at radius 2 is 1.67 bits per heavy atom. The first kappa shape index (κ1) is 14.8. The number of carboxylic acids is 1. The lowest BCUT2D eigenvalue weighted by molar-refractivity contribution is -0.140. The van der Waals surface area contributed by atoms with E-state index in [0.29, 0.717) is 5.56 Å². The molecule has 0 radical (unpaired) electrons. The van der Waals surface area contributed by atoms with E-state index in [1.165, 1.54) is 0 Å². The first-order chi connectivity index (χ1) is 10.1. The smallest absolute Gasteiger partial charge is 0.314 e. The van der Waals surface area contributed by atoms with Gasteiger partial charge in [-0.1, -0.05) is 59.9 Å². The number of aliphatic hydroxyl groups excluding tert-OH is 1. The van der Waals surface area contributed by atoms with Crippen LogP contribution in [0.25, 0.3) is 0 Å². The Labute approximate surface area is 123 Å². The Balaban J connectivity index is 2.23. The van der Waals surface area contributed by atoms with Gasteiger partial charge in [-0.05, 0) is 24.6 Å².